The van der Waals surface area contributed by atoms with Crippen LogP contribution < -0.4 is 10.6 Å². The first kappa shape index (κ1) is 17.9. The predicted octanol–water partition coefficient (Wildman–Crippen LogP) is -1.25. The van der Waals surface area contributed by atoms with Crippen molar-refractivity contribution in [2.75, 3.05) is 66.6 Å². The van der Waals surface area contributed by atoms with Crippen LogP contribution in [0, 0.1) is 5.92 Å². The SMILES string of the molecule is CNCC(C)C(=O)N1CCN(CC(=O)NCCOC)CC1. The fourth-order valence-corrected chi connectivity index (χ4v) is 2.38. The van der Waals surface area contributed by atoms with Gasteiger partial charge in [-0.05, 0) is 7.05 Å². The van der Waals surface area contributed by atoms with Crippen LogP contribution in [0.4, 0.5) is 0 Å². The number of carbonyl (C=O) groups is 2. The number of nitrogens with zero attached hydrogens (tertiary/aromatic N) is 2. The van der Waals surface area contributed by atoms with Crippen molar-refractivity contribution in [2.45, 2.75) is 6.92 Å². The maximum absolute atomic E-state index is 12.2. The number of ether oxygens (including phenoxy) is 1. The van der Waals surface area contributed by atoms with Crippen molar-refractivity contribution in [3.8, 4) is 0 Å². The summed E-state index contributed by atoms with van der Waals surface area (Å²) in [6.45, 7) is 6.96. The number of rotatable bonds is 8. The van der Waals surface area contributed by atoms with E-state index in [1.165, 1.54) is 0 Å². The van der Waals surface area contributed by atoms with Crippen molar-refractivity contribution in [1.82, 2.24) is 20.4 Å². The monoisotopic (exact) mass is 300 g/mol. The quantitative estimate of drug-likeness (QED) is 0.548. The average Bonchev–Trinajstić information content (AvgIpc) is 2.48. The molecule has 1 aliphatic rings. The molecule has 0 aromatic carbocycles. The highest BCUT2D eigenvalue weighted by atomic mass is 16.5. The van der Waals surface area contributed by atoms with Gasteiger partial charge in [-0.2, -0.15) is 0 Å². The largest absolute Gasteiger partial charge is 0.383 e. The number of nitrogens with one attached hydrogen (secondary N) is 2. The fourth-order valence-electron chi connectivity index (χ4n) is 2.38. The zero-order valence-corrected chi connectivity index (χ0v) is 13.4. The minimum atomic E-state index is -0.00103. The van der Waals surface area contributed by atoms with Crippen LogP contribution in [-0.4, -0.2) is 88.2 Å². The van der Waals surface area contributed by atoms with E-state index in [2.05, 4.69) is 15.5 Å². The molecule has 0 aliphatic carbocycles. The van der Waals surface area contributed by atoms with Crippen LogP contribution in [0.5, 0.6) is 0 Å². The molecule has 1 aliphatic heterocycles. The van der Waals surface area contributed by atoms with Crippen molar-refractivity contribution >= 4 is 11.8 Å². The molecule has 0 spiro atoms. The minimum absolute atomic E-state index is 0.00103. The van der Waals surface area contributed by atoms with Gasteiger partial charge in [-0.25, -0.2) is 0 Å². The van der Waals surface area contributed by atoms with E-state index >= 15 is 0 Å². The lowest BCUT2D eigenvalue weighted by Crippen LogP contribution is -2.52. The van der Waals surface area contributed by atoms with E-state index in [9.17, 15) is 9.59 Å². The van der Waals surface area contributed by atoms with E-state index in [1.807, 2.05) is 18.9 Å². The van der Waals surface area contributed by atoms with Gasteiger partial charge in [-0.3, -0.25) is 14.5 Å². The number of hydrogen-bond donors (Lipinski definition) is 2. The zero-order valence-electron chi connectivity index (χ0n) is 13.4. The summed E-state index contributed by atoms with van der Waals surface area (Å²) in [5.74, 6) is 0.197. The Morgan fingerprint density at radius 1 is 1.24 bits per heavy atom. The van der Waals surface area contributed by atoms with E-state index in [4.69, 9.17) is 4.74 Å². The third-order valence-corrected chi connectivity index (χ3v) is 3.61. The highest BCUT2D eigenvalue weighted by molar-refractivity contribution is 5.79. The fraction of sp³-hybridized carbons (Fsp3) is 0.857. The molecular weight excluding hydrogens is 272 g/mol. The molecule has 2 N–H and O–H groups in total. The number of carbonyl (C=O) groups excluding carboxylic acids is 2. The van der Waals surface area contributed by atoms with Gasteiger partial charge in [-0.15, -0.1) is 0 Å². The van der Waals surface area contributed by atoms with Crippen LogP contribution in [0.2, 0.25) is 0 Å². The maximum atomic E-state index is 12.2. The van der Waals surface area contributed by atoms with Crippen molar-refractivity contribution in [2.24, 2.45) is 5.92 Å². The highest BCUT2D eigenvalue weighted by Gasteiger charge is 2.25. The summed E-state index contributed by atoms with van der Waals surface area (Å²) in [4.78, 5) is 27.8. The van der Waals surface area contributed by atoms with E-state index in [0.29, 0.717) is 39.3 Å². The average molecular weight is 300 g/mol. The Kier molecular flexibility index (Phi) is 8.26. The van der Waals surface area contributed by atoms with Gasteiger partial charge >= 0.3 is 0 Å². The Balaban J connectivity index is 2.25. The lowest BCUT2D eigenvalue weighted by molar-refractivity contribution is -0.136. The molecule has 0 bridgehead atoms. The number of amides is 2. The first-order valence-corrected chi connectivity index (χ1v) is 7.49. The van der Waals surface area contributed by atoms with Gasteiger partial charge in [0.1, 0.15) is 0 Å². The number of hydrogen-bond acceptors (Lipinski definition) is 5. The summed E-state index contributed by atoms with van der Waals surface area (Å²) in [6.07, 6.45) is 0. The summed E-state index contributed by atoms with van der Waals surface area (Å²) in [5, 5.41) is 5.83. The normalized spacial score (nSPS) is 17.6. The van der Waals surface area contributed by atoms with Crippen LogP contribution in [0.1, 0.15) is 6.92 Å². The molecule has 0 radical (unpaired) electrons. The lowest BCUT2D eigenvalue weighted by Gasteiger charge is -2.35. The van der Waals surface area contributed by atoms with Crippen molar-refractivity contribution < 1.29 is 14.3 Å². The molecule has 1 unspecified atom stereocenters. The molecule has 1 rings (SSSR count). The van der Waals surface area contributed by atoms with Gasteiger partial charge in [0.2, 0.25) is 11.8 Å². The molecule has 2 amide bonds. The lowest BCUT2D eigenvalue weighted by atomic mass is 10.1. The Morgan fingerprint density at radius 3 is 2.48 bits per heavy atom. The predicted molar refractivity (Wildman–Crippen MR) is 81.0 cm³/mol. The molecule has 0 aromatic rings. The van der Waals surface area contributed by atoms with Crippen LogP contribution >= 0.6 is 0 Å². The number of piperazine rings is 1. The molecule has 1 heterocycles. The molecule has 122 valence electrons. The van der Waals surface area contributed by atoms with E-state index in [0.717, 1.165) is 13.1 Å². The highest BCUT2D eigenvalue weighted by Crippen LogP contribution is 2.07. The van der Waals surface area contributed by atoms with Gasteiger partial charge in [0.25, 0.3) is 0 Å². The summed E-state index contributed by atoms with van der Waals surface area (Å²) in [7, 11) is 3.46. The Morgan fingerprint density at radius 2 is 1.90 bits per heavy atom. The third kappa shape index (κ3) is 6.41. The molecule has 1 saturated heterocycles. The summed E-state index contributed by atoms with van der Waals surface area (Å²) < 4.78 is 4.89. The van der Waals surface area contributed by atoms with Gasteiger partial charge in [0.05, 0.1) is 13.2 Å². The van der Waals surface area contributed by atoms with Gasteiger partial charge in [0.15, 0.2) is 0 Å². The Bertz CT molecular complexity index is 330. The van der Waals surface area contributed by atoms with Crippen LogP contribution in [0.15, 0.2) is 0 Å². The van der Waals surface area contributed by atoms with E-state index in [-0.39, 0.29) is 17.7 Å². The summed E-state index contributed by atoms with van der Waals surface area (Å²) in [6, 6.07) is 0. The van der Waals surface area contributed by atoms with Crippen LogP contribution in [-0.2, 0) is 14.3 Å². The molecule has 0 aromatic heterocycles. The summed E-state index contributed by atoms with van der Waals surface area (Å²) >= 11 is 0. The third-order valence-electron chi connectivity index (χ3n) is 3.61. The van der Waals surface area contributed by atoms with Gasteiger partial charge in [-0.1, -0.05) is 6.92 Å². The minimum Gasteiger partial charge on any atom is -0.383 e. The number of methoxy groups -OCH3 is 1. The van der Waals surface area contributed by atoms with Crippen molar-refractivity contribution in [1.29, 1.82) is 0 Å². The molecule has 21 heavy (non-hydrogen) atoms. The van der Waals surface area contributed by atoms with E-state index < -0.39 is 0 Å². The van der Waals surface area contributed by atoms with E-state index in [1.54, 1.807) is 7.11 Å². The first-order chi connectivity index (χ1) is 10.1. The van der Waals surface area contributed by atoms with Crippen molar-refractivity contribution in [3.63, 3.8) is 0 Å². The topological polar surface area (TPSA) is 73.9 Å². The molecular formula is C14H28N4O3. The zero-order chi connectivity index (χ0) is 15.7. The van der Waals surface area contributed by atoms with Crippen molar-refractivity contribution in [3.05, 3.63) is 0 Å². The Hall–Kier alpha value is -1.18. The second kappa shape index (κ2) is 9.70. The Labute approximate surface area is 127 Å². The molecule has 7 nitrogen and oxygen atoms in total. The van der Waals surface area contributed by atoms with Gasteiger partial charge < -0.3 is 20.3 Å². The first-order valence-electron chi connectivity index (χ1n) is 7.49. The van der Waals surface area contributed by atoms with Crippen LogP contribution in [0.3, 0.4) is 0 Å². The second-order valence-corrected chi connectivity index (χ2v) is 5.40. The van der Waals surface area contributed by atoms with Crippen LogP contribution in [0.25, 0.3) is 0 Å². The molecule has 7 heteroatoms. The maximum Gasteiger partial charge on any atom is 0.234 e. The standard InChI is InChI=1S/C14H28N4O3/c1-12(10-15-2)14(20)18-7-5-17(6-8-18)11-13(19)16-4-9-21-3/h12,15H,4-11H2,1-3H3,(H,16,19). The molecule has 1 fully saturated rings. The molecule has 1 atom stereocenters. The molecule has 0 saturated carbocycles. The van der Waals surface area contributed by atoms with Gasteiger partial charge in [0, 0.05) is 52.3 Å². The second-order valence-electron chi connectivity index (χ2n) is 5.40. The smallest absolute Gasteiger partial charge is 0.234 e. The summed E-state index contributed by atoms with van der Waals surface area (Å²) in [5.41, 5.74) is 0.